The fourth-order valence-electron chi connectivity index (χ4n) is 2.42. The summed E-state index contributed by atoms with van der Waals surface area (Å²) in [4.78, 5) is 23.3. The van der Waals surface area contributed by atoms with E-state index in [1.54, 1.807) is 13.8 Å². The lowest BCUT2D eigenvalue weighted by Gasteiger charge is -2.25. The van der Waals surface area contributed by atoms with Crippen molar-refractivity contribution < 1.29 is 18.5 Å². The molecule has 1 aliphatic carbocycles. The molecule has 1 rings (SSSR count). The zero-order chi connectivity index (χ0) is 15.1. The Balaban J connectivity index is 2.45. The van der Waals surface area contributed by atoms with Crippen LogP contribution in [-0.2, 0) is 25.1 Å². The van der Waals surface area contributed by atoms with E-state index >= 15 is 0 Å². The lowest BCUT2D eigenvalue weighted by molar-refractivity contribution is -0.140. The highest BCUT2D eigenvalue weighted by molar-refractivity contribution is 7.87. The smallest absolute Gasteiger partial charge is 0.306 e. The minimum absolute atomic E-state index is 0.0736. The molecule has 0 bridgehead atoms. The molecule has 0 radical (unpaired) electrons. The maximum absolute atomic E-state index is 12.2. The van der Waals surface area contributed by atoms with Gasteiger partial charge in [-0.25, -0.2) is 0 Å². The molecule has 1 N–H and O–H groups in total. The first-order valence-corrected chi connectivity index (χ1v) is 8.50. The highest BCUT2D eigenvalue weighted by Crippen LogP contribution is 2.18. The van der Waals surface area contributed by atoms with Crippen LogP contribution in [-0.4, -0.2) is 39.7 Å². The van der Waals surface area contributed by atoms with Crippen molar-refractivity contribution in [1.29, 1.82) is 0 Å². The minimum Gasteiger partial charge on any atom is -0.469 e. The molecule has 0 heterocycles. The summed E-state index contributed by atoms with van der Waals surface area (Å²) in [5, 5.41) is 1.99. The average molecular weight is 303 g/mol. The molecule has 0 aliphatic heterocycles. The maximum Gasteiger partial charge on any atom is 0.306 e. The van der Waals surface area contributed by atoms with E-state index in [1.807, 2.05) is 0 Å². The number of hydrogen-bond acceptors (Lipinski definition) is 4. The van der Waals surface area contributed by atoms with Crippen LogP contribution in [0.25, 0.3) is 0 Å². The summed E-state index contributed by atoms with van der Waals surface area (Å²) in [7, 11) is -0.0762. The van der Waals surface area contributed by atoms with E-state index in [1.165, 1.54) is 13.5 Å². The molecule has 3 unspecified atom stereocenters. The van der Waals surface area contributed by atoms with Gasteiger partial charge < -0.3 is 10.1 Å². The van der Waals surface area contributed by atoms with Crippen LogP contribution in [0, 0.1) is 0 Å². The SMILES string of the molecule is COC(=O)CC(C)S(=O)C(C)C(=O)NC1CCCCC1. The highest BCUT2D eigenvalue weighted by atomic mass is 32.2. The Hall–Kier alpha value is -0.910. The standard InChI is InChI=1S/C14H25NO4S/c1-10(9-13(16)19-3)20(18)11(2)14(17)15-12-7-5-4-6-8-12/h10-12H,4-9H2,1-3H3,(H,15,17). The Morgan fingerprint density at radius 3 is 2.40 bits per heavy atom. The number of ether oxygens (including phenoxy) is 1. The molecule has 0 aromatic rings. The number of carbonyl (C=O) groups is 2. The van der Waals surface area contributed by atoms with Crippen molar-refractivity contribution in [3.8, 4) is 0 Å². The second-order valence-electron chi connectivity index (χ2n) is 5.41. The summed E-state index contributed by atoms with van der Waals surface area (Å²) in [5.41, 5.74) is 0. The third kappa shape index (κ3) is 5.23. The normalized spacial score (nSPS) is 20.8. The summed E-state index contributed by atoms with van der Waals surface area (Å²) < 4.78 is 16.8. The monoisotopic (exact) mass is 303 g/mol. The predicted molar refractivity (Wildman–Crippen MR) is 78.7 cm³/mol. The summed E-state index contributed by atoms with van der Waals surface area (Å²) in [6.45, 7) is 3.36. The van der Waals surface area contributed by atoms with Crippen molar-refractivity contribution in [2.24, 2.45) is 0 Å². The molecule has 3 atom stereocenters. The molecule has 1 aliphatic rings. The van der Waals surface area contributed by atoms with Crippen LogP contribution in [0.2, 0.25) is 0 Å². The van der Waals surface area contributed by atoms with Gasteiger partial charge >= 0.3 is 5.97 Å². The summed E-state index contributed by atoms with van der Waals surface area (Å²) >= 11 is 0. The van der Waals surface area contributed by atoms with Gasteiger partial charge in [0, 0.05) is 22.1 Å². The lowest BCUT2D eigenvalue weighted by atomic mass is 9.95. The Bertz CT molecular complexity index is 366. The van der Waals surface area contributed by atoms with Gasteiger partial charge in [0.05, 0.1) is 13.5 Å². The quantitative estimate of drug-likeness (QED) is 0.755. The van der Waals surface area contributed by atoms with E-state index in [-0.39, 0.29) is 23.6 Å². The van der Waals surface area contributed by atoms with Crippen molar-refractivity contribution in [3.63, 3.8) is 0 Å². The van der Waals surface area contributed by atoms with Gasteiger partial charge in [-0.2, -0.15) is 0 Å². The van der Waals surface area contributed by atoms with Crippen LogP contribution in [0.5, 0.6) is 0 Å². The number of carbonyl (C=O) groups excluding carboxylic acids is 2. The van der Waals surface area contributed by atoms with Crippen LogP contribution in [0.3, 0.4) is 0 Å². The average Bonchev–Trinajstić information content (AvgIpc) is 2.46. The van der Waals surface area contributed by atoms with E-state index in [9.17, 15) is 13.8 Å². The molecule has 1 saturated carbocycles. The van der Waals surface area contributed by atoms with E-state index in [0.717, 1.165) is 25.7 Å². The van der Waals surface area contributed by atoms with Gasteiger partial charge in [0.1, 0.15) is 5.25 Å². The number of amides is 1. The Labute approximate surface area is 123 Å². The molecular weight excluding hydrogens is 278 g/mol. The Morgan fingerprint density at radius 1 is 1.25 bits per heavy atom. The maximum atomic E-state index is 12.2. The first-order chi connectivity index (χ1) is 9.45. The molecule has 20 heavy (non-hydrogen) atoms. The topological polar surface area (TPSA) is 72.5 Å². The van der Waals surface area contributed by atoms with Gasteiger partial charge in [-0.15, -0.1) is 0 Å². The number of methoxy groups -OCH3 is 1. The molecule has 0 saturated heterocycles. The van der Waals surface area contributed by atoms with E-state index in [4.69, 9.17) is 0 Å². The molecule has 1 amide bonds. The third-order valence-corrected chi connectivity index (χ3v) is 5.62. The first-order valence-electron chi connectivity index (χ1n) is 7.22. The Kier molecular flexibility index (Phi) is 7.19. The lowest BCUT2D eigenvalue weighted by Crippen LogP contribution is -2.44. The molecule has 116 valence electrons. The van der Waals surface area contributed by atoms with Gasteiger partial charge in [-0.05, 0) is 19.8 Å². The van der Waals surface area contributed by atoms with Gasteiger partial charge in [-0.3, -0.25) is 13.8 Å². The fourth-order valence-corrected chi connectivity index (χ4v) is 3.70. The summed E-state index contributed by atoms with van der Waals surface area (Å²) in [6.07, 6.45) is 5.59. The van der Waals surface area contributed by atoms with Gasteiger partial charge in [-0.1, -0.05) is 26.2 Å². The number of esters is 1. The zero-order valence-corrected chi connectivity index (χ0v) is 13.3. The second-order valence-corrected chi connectivity index (χ2v) is 7.57. The van der Waals surface area contributed by atoms with Gasteiger partial charge in [0.2, 0.25) is 5.91 Å². The fraction of sp³-hybridized carbons (Fsp3) is 0.857. The largest absolute Gasteiger partial charge is 0.469 e. The van der Waals surface area contributed by atoms with Crippen LogP contribution in [0.1, 0.15) is 52.4 Å². The molecule has 0 spiro atoms. The summed E-state index contributed by atoms with van der Waals surface area (Å²) in [5.74, 6) is -0.572. The van der Waals surface area contributed by atoms with E-state index in [0.29, 0.717) is 0 Å². The number of rotatable bonds is 6. The molecule has 6 heteroatoms. The molecule has 0 aromatic carbocycles. The third-order valence-electron chi connectivity index (χ3n) is 3.75. The van der Waals surface area contributed by atoms with Crippen molar-refractivity contribution >= 4 is 22.7 Å². The number of nitrogens with one attached hydrogen (secondary N) is 1. The minimum atomic E-state index is -1.38. The van der Waals surface area contributed by atoms with Gasteiger partial charge in [0.25, 0.3) is 0 Å². The van der Waals surface area contributed by atoms with Crippen LogP contribution < -0.4 is 5.32 Å². The zero-order valence-electron chi connectivity index (χ0n) is 12.5. The van der Waals surface area contributed by atoms with Gasteiger partial charge in [0.15, 0.2) is 0 Å². The molecule has 1 fully saturated rings. The van der Waals surface area contributed by atoms with E-state index < -0.39 is 22.0 Å². The highest BCUT2D eigenvalue weighted by Gasteiger charge is 2.28. The second kappa shape index (κ2) is 8.39. The molecular formula is C14H25NO4S. The molecule has 5 nitrogen and oxygen atoms in total. The predicted octanol–water partition coefficient (Wildman–Crippen LogP) is 1.52. The van der Waals surface area contributed by atoms with Crippen molar-refractivity contribution in [1.82, 2.24) is 5.32 Å². The van der Waals surface area contributed by atoms with Crippen molar-refractivity contribution in [3.05, 3.63) is 0 Å². The first kappa shape index (κ1) is 17.1. The number of hydrogen-bond donors (Lipinski definition) is 1. The van der Waals surface area contributed by atoms with Crippen molar-refractivity contribution in [2.75, 3.05) is 7.11 Å². The molecule has 0 aromatic heterocycles. The summed E-state index contributed by atoms with van der Waals surface area (Å²) in [6, 6.07) is 0.214. The van der Waals surface area contributed by atoms with Crippen molar-refractivity contribution in [2.45, 2.75) is 68.9 Å². The Morgan fingerprint density at radius 2 is 1.85 bits per heavy atom. The van der Waals surface area contributed by atoms with E-state index in [2.05, 4.69) is 10.1 Å². The van der Waals surface area contributed by atoms with Crippen LogP contribution in [0.4, 0.5) is 0 Å². The van der Waals surface area contributed by atoms with Crippen LogP contribution >= 0.6 is 0 Å². The van der Waals surface area contributed by atoms with Crippen LogP contribution in [0.15, 0.2) is 0 Å².